The van der Waals surface area contributed by atoms with E-state index in [-0.39, 0.29) is 5.82 Å². The van der Waals surface area contributed by atoms with E-state index in [9.17, 15) is 10.2 Å². The Morgan fingerprint density at radius 3 is 1.69 bits per heavy atom. The smallest absolute Gasteiger partial charge is 0.153 e. The molecule has 1 heterocycles. The van der Waals surface area contributed by atoms with E-state index in [1.807, 2.05) is 16.7 Å². The van der Waals surface area contributed by atoms with Crippen molar-refractivity contribution in [3.05, 3.63) is 163 Å². The van der Waals surface area contributed by atoms with Crippen LogP contribution in [0.3, 0.4) is 0 Å². The molecule has 0 fully saturated rings. The largest absolute Gasteiger partial charge is 0.375 e. The van der Waals surface area contributed by atoms with Crippen molar-refractivity contribution in [1.82, 2.24) is 9.55 Å². The molecule has 8 aromatic carbocycles. The molecule has 1 aromatic heterocycles. The van der Waals surface area contributed by atoms with Crippen molar-refractivity contribution in [2.24, 2.45) is 0 Å². The van der Waals surface area contributed by atoms with Crippen LogP contribution in [0.5, 0.6) is 0 Å². The van der Waals surface area contributed by atoms with Crippen LogP contribution in [0.2, 0.25) is 0 Å². The molecule has 9 aromatic rings. The van der Waals surface area contributed by atoms with Crippen LogP contribution >= 0.6 is 0 Å². The molecular formula is C48H34B2N2O2. The van der Waals surface area contributed by atoms with Crippen molar-refractivity contribution in [3.63, 3.8) is 0 Å². The molecule has 0 bridgehead atoms. The second kappa shape index (κ2) is 12.0. The maximum absolute atomic E-state index is 10.7. The Labute approximate surface area is 315 Å². The summed E-state index contributed by atoms with van der Waals surface area (Å²) in [6, 6.07) is 49.9. The van der Waals surface area contributed by atoms with Crippen molar-refractivity contribution in [3.8, 4) is 27.9 Å². The van der Waals surface area contributed by atoms with Gasteiger partial charge in [0, 0.05) is 10.7 Å². The lowest BCUT2D eigenvalue weighted by Gasteiger charge is -2.37. The monoisotopic (exact) mass is 692 g/mol. The van der Waals surface area contributed by atoms with Gasteiger partial charge in [-0.2, -0.15) is 0 Å². The lowest BCUT2D eigenvalue weighted by molar-refractivity contribution is -0.116. The van der Waals surface area contributed by atoms with Gasteiger partial charge in [0.05, 0.1) is 24.9 Å². The van der Waals surface area contributed by atoms with Gasteiger partial charge < -0.3 is 10.2 Å². The molecule has 10 rings (SSSR count). The van der Waals surface area contributed by atoms with Crippen LogP contribution in [0.4, 0.5) is 0 Å². The number of aromatic nitrogens is 2. The summed E-state index contributed by atoms with van der Waals surface area (Å²) in [5, 5.41) is 31.2. The Kier molecular flexibility index (Phi) is 7.29. The number of aryl methyl sites for hydroxylation is 1. The topological polar surface area (TPSA) is 58.3 Å². The van der Waals surface area contributed by atoms with Crippen LogP contribution in [0.1, 0.15) is 30.6 Å². The van der Waals surface area contributed by atoms with Crippen molar-refractivity contribution in [1.29, 1.82) is 0 Å². The first-order chi connectivity index (χ1) is 26.2. The summed E-state index contributed by atoms with van der Waals surface area (Å²) in [4.78, 5) is 4.90. The van der Waals surface area contributed by atoms with Crippen molar-refractivity contribution < 1.29 is 10.2 Å². The molecule has 0 aliphatic heterocycles. The summed E-state index contributed by atoms with van der Waals surface area (Å²) < 4.78 is 1.95. The number of hydrogen-bond acceptors (Lipinski definition) is 3. The molecule has 4 radical (unpaired) electrons. The zero-order valence-corrected chi connectivity index (χ0v) is 29.8. The molecule has 0 amide bonds. The fourth-order valence-electron chi connectivity index (χ4n) is 8.67. The number of allylic oxidation sites excluding steroid dienone is 1. The van der Waals surface area contributed by atoms with Crippen LogP contribution in [0.25, 0.3) is 87.9 Å². The van der Waals surface area contributed by atoms with Gasteiger partial charge in [0.1, 0.15) is 11.5 Å². The fraction of sp³-hybridized carbons (Fsp3) is 0.104. The van der Waals surface area contributed by atoms with Gasteiger partial charge >= 0.3 is 0 Å². The third-order valence-corrected chi connectivity index (χ3v) is 11.4. The first-order valence-corrected chi connectivity index (χ1v) is 18.4. The summed E-state index contributed by atoms with van der Waals surface area (Å²) in [6.45, 7) is 1.51. The Morgan fingerprint density at radius 2 is 1.07 bits per heavy atom. The zero-order chi connectivity index (χ0) is 36.8. The van der Waals surface area contributed by atoms with E-state index in [1.54, 1.807) is 0 Å². The Balaban J connectivity index is 1.29. The minimum Gasteiger partial charge on any atom is -0.375 e. The number of aliphatic hydroxyl groups is 2. The Morgan fingerprint density at radius 1 is 0.574 bits per heavy atom. The van der Waals surface area contributed by atoms with Gasteiger partial charge in [-0.05, 0) is 102 Å². The van der Waals surface area contributed by atoms with E-state index >= 15 is 0 Å². The molecule has 54 heavy (non-hydrogen) atoms. The van der Waals surface area contributed by atoms with Gasteiger partial charge in [0.2, 0.25) is 0 Å². The Bertz CT molecular complexity index is 2970. The molecule has 1 aliphatic rings. The van der Waals surface area contributed by atoms with E-state index in [0.717, 1.165) is 56.2 Å². The predicted octanol–water partition coefficient (Wildman–Crippen LogP) is 10.1. The van der Waals surface area contributed by atoms with Crippen molar-refractivity contribution in [2.75, 3.05) is 0 Å². The minimum absolute atomic E-state index is 0.285. The second-order valence-electron chi connectivity index (χ2n) is 14.7. The van der Waals surface area contributed by atoms with E-state index < -0.39 is 11.0 Å². The van der Waals surface area contributed by atoms with Crippen LogP contribution in [0, 0.1) is 0 Å². The summed E-state index contributed by atoms with van der Waals surface area (Å²) in [5.41, 5.74) is 4.49. The molecule has 6 heteroatoms. The number of nitrogens with zero attached hydrogens (tertiary/aromatic N) is 2. The third-order valence-electron chi connectivity index (χ3n) is 11.4. The summed E-state index contributed by atoms with van der Waals surface area (Å²) in [6.07, 6.45) is 5.70. The fourth-order valence-corrected chi connectivity index (χ4v) is 8.67. The van der Waals surface area contributed by atoms with E-state index in [0.29, 0.717) is 6.42 Å². The van der Waals surface area contributed by atoms with E-state index in [1.165, 1.54) is 50.4 Å². The minimum atomic E-state index is -2.71. The van der Waals surface area contributed by atoms with Crippen LogP contribution in [0.15, 0.2) is 146 Å². The lowest BCUT2D eigenvalue weighted by atomic mass is 9.57. The third kappa shape index (κ3) is 4.77. The maximum atomic E-state index is 10.7. The average Bonchev–Trinajstić information content (AvgIpc) is 3.59. The number of rotatable bonds is 5. The molecule has 2 N–H and O–H groups in total. The summed E-state index contributed by atoms with van der Waals surface area (Å²) >= 11 is 0. The van der Waals surface area contributed by atoms with Crippen LogP contribution in [-0.4, -0.2) is 41.1 Å². The second-order valence-corrected chi connectivity index (χ2v) is 14.7. The molecule has 1 aliphatic carbocycles. The summed E-state index contributed by atoms with van der Waals surface area (Å²) in [7, 11) is 12.5. The van der Waals surface area contributed by atoms with E-state index in [4.69, 9.17) is 20.7 Å². The van der Waals surface area contributed by atoms with Gasteiger partial charge in [-0.25, -0.2) is 4.98 Å². The normalized spacial score (nSPS) is 14.3. The number of imidazole rings is 1. The zero-order valence-electron chi connectivity index (χ0n) is 29.8. The molecule has 1 unspecified atom stereocenters. The van der Waals surface area contributed by atoms with Gasteiger partial charge in [-0.1, -0.05) is 140 Å². The van der Waals surface area contributed by atoms with Gasteiger partial charge in [-0.3, -0.25) is 4.57 Å². The SMILES string of the molecule is [B]C(O)(O)C([B])(C)c1nc2c(n1-c1ccc(-c3c4ccccc4c(-c4cc5ccccc5c5ccccc45)c4ccccc34)c3ccccc13)C=CCC2. The average molecular weight is 692 g/mol. The molecule has 254 valence electrons. The molecular weight excluding hydrogens is 658 g/mol. The number of hydrogen-bond donors (Lipinski definition) is 2. The van der Waals surface area contributed by atoms with E-state index in [2.05, 4.69) is 140 Å². The number of fused-ring (bicyclic) bond motifs is 7. The highest BCUT2D eigenvalue weighted by Gasteiger charge is 2.43. The molecule has 0 saturated carbocycles. The quantitative estimate of drug-likeness (QED) is 0.0817. The summed E-state index contributed by atoms with van der Waals surface area (Å²) in [5.74, 6) is 0.285. The highest BCUT2D eigenvalue weighted by Crippen LogP contribution is 2.48. The molecule has 1 atom stereocenters. The van der Waals surface area contributed by atoms with Gasteiger partial charge in [-0.15, -0.1) is 0 Å². The first-order valence-electron chi connectivity index (χ1n) is 18.4. The maximum Gasteiger partial charge on any atom is 0.153 e. The van der Waals surface area contributed by atoms with Crippen LogP contribution < -0.4 is 0 Å². The van der Waals surface area contributed by atoms with Crippen molar-refractivity contribution in [2.45, 2.75) is 30.8 Å². The van der Waals surface area contributed by atoms with Crippen LogP contribution in [-0.2, 0) is 11.7 Å². The molecule has 0 saturated heterocycles. The highest BCUT2D eigenvalue weighted by molar-refractivity contribution is 6.27. The molecule has 0 spiro atoms. The van der Waals surface area contributed by atoms with Gasteiger partial charge in [0.15, 0.2) is 7.85 Å². The van der Waals surface area contributed by atoms with Crippen molar-refractivity contribution >= 4 is 75.6 Å². The first kappa shape index (κ1) is 32.7. The predicted molar refractivity (Wildman–Crippen MR) is 225 cm³/mol. The number of benzene rings is 8. The van der Waals surface area contributed by atoms with Gasteiger partial charge in [0.25, 0.3) is 0 Å². The highest BCUT2D eigenvalue weighted by atomic mass is 16.5. The molecule has 4 nitrogen and oxygen atoms in total. The standard InChI is InChI=1S/C48H34B2N2O2/c1-47(49,48(50,53)54)46-51-41-24-12-13-25-43(41)52(46)42-27-26-39(33-18-6-7-19-34(33)42)44-35-20-8-10-22-37(35)45(38-23-11-9-21-36(38)44)40-28-29-14-2-3-15-30(29)31-16-4-5-17-32(31)40/h2-11,13-23,25-28,53-54H,12,24H2,1H3. The Hall–Kier alpha value is -5.94. The lowest BCUT2D eigenvalue weighted by Crippen LogP contribution is -2.52.